The molecule has 0 saturated carbocycles. The molecule has 3 N–H and O–H groups in total. The molecule has 1 unspecified atom stereocenters. The van der Waals surface area contributed by atoms with Crippen LogP contribution in [0.2, 0.25) is 0 Å². The van der Waals surface area contributed by atoms with E-state index in [0.717, 1.165) is 36.7 Å². The van der Waals surface area contributed by atoms with Crippen molar-refractivity contribution in [3.05, 3.63) is 65.5 Å². The van der Waals surface area contributed by atoms with Crippen molar-refractivity contribution in [3.8, 4) is 0 Å². The van der Waals surface area contributed by atoms with E-state index in [0.29, 0.717) is 23.4 Å². The molecule has 146 valence electrons. The number of imidazole rings is 1. The number of methoxy groups -OCH3 is 1. The standard InChI is InChI=1S/C22H25N3O3/c1-28-20(26)11-7-3-6-10-17(23)22-24-18-13-12-16(14-19(18)25-22)21(27)15-8-4-2-5-9-15/h2,4-5,8-9,12-14,17H,3,6-7,10-11,23H2,1H3,(H,24,25). The molecule has 0 aliphatic rings. The number of aromatic nitrogens is 2. The van der Waals surface area contributed by atoms with Crippen molar-refractivity contribution in [1.29, 1.82) is 0 Å². The van der Waals surface area contributed by atoms with E-state index < -0.39 is 0 Å². The lowest BCUT2D eigenvalue weighted by Crippen LogP contribution is -2.12. The second-order valence-electron chi connectivity index (χ2n) is 6.83. The van der Waals surface area contributed by atoms with Crippen LogP contribution in [0.5, 0.6) is 0 Å². The molecule has 1 aromatic heterocycles. The first-order valence-electron chi connectivity index (χ1n) is 9.50. The van der Waals surface area contributed by atoms with Crippen LogP contribution < -0.4 is 5.73 Å². The fourth-order valence-electron chi connectivity index (χ4n) is 3.15. The summed E-state index contributed by atoms with van der Waals surface area (Å²) in [6.07, 6.45) is 3.83. The van der Waals surface area contributed by atoms with Crippen LogP contribution >= 0.6 is 0 Å². The van der Waals surface area contributed by atoms with Crippen molar-refractivity contribution >= 4 is 22.8 Å². The van der Waals surface area contributed by atoms with Gasteiger partial charge in [0.05, 0.1) is 24.2 Å². The van der Waals surface area contributed by atoms with Gasteiger partial charge < -0.3 is 15.5 Å². The first-order chi connectivity index (χ1) is 13.6. The van der Waals surface area contributed by atoms with Gasteiger partial charge in [0.25, 0.3) is 0 Å². The molecule has 28 heavy (non-hydrogen) atoms. The summed E-state index contributed by atoms with van der Waals surface area (Å²) in [7, 11) is 1.40. The Morgan fingerprint density at radius 2 is 1.86 bits per heavy atom. The van der Waals surface area contributed by atoms with Gasteiger partial charge >= 0.3 is 5.97 Å². The SMILES string of the molecule is COC(=O)CCCCCC(N)c1nc2ccc(C(=O)c3ccccc3)cc2[nH]1. The normalized spacial score (nSPS) is 12.1. The third kappa shape index (κ3) is 4.84. The van der Waals surface area contributed by atoms with E-state index in [1.54, 1.807) is 18.2 Å². The first kappa shape index (κ1) is 19.8. The van der Waals surface area contributed by atoms with Crippen LogP contribution in [0.1, 0.15) is 59.9 Å². The molecule has 6 nitrogen and oxygen atoms in total. The van der Waals surface area contributed by atoms with Gasteiger partial charge in [-0.2, -0.15) is 0 Å². The molecule has 0 bridgehead atoms. The third-order valence-corrected chi connectivity index (χ3v) is 4.77. The topological polar surface area (TPSA) is 98.1 Å². The Morgan fingerprint density at radius 1 is 1.07 bits per heavy atom. The fourth-order valence-corrected chi connectivity index (χ4v) is 3.15. The number of esters is 1. The second kappa shape index (κ2) is 9.28. The number of benzene rings is 2. The third-order valence-electron chi connectivity index (χ3n) is 4.77. The Kier molecular flexibility index (Phi) is 6.55. The zero-order valence-corrected chi connectivity index (χ0v) is 16.0. The van der Waals surface area contributed by atoms with E-state index in [-0.39, 0.29) is 17.8 Å². The lowest BCUT2D eigenvalue weighted by atomic mass is 10.0. The molecule has 0 amide bonds. The molecular formula is C22H25N3O3. The van der Waals surface area contributed by atoms with Gasteiger partial charge in [-0.05, 0) is 31.0 Å². The Labute approximate surface area is 164 Å². The summed E-state index contributed by atoms with van der Waals surface area (Å²) in [5.74, 6) is 0.517. The minimum Gasteiger partial charge on any atom is -0.469 e. The Morgan fingerprint density at radius 3 is 2.61 bits per heavy atom. The van der Waals surface area contributed by atoms with Crippen LogP contribution in [0.15, 0.2) is 48.5 Å². The molecule has 0 fully saturated rings. The smallest absolute Gasteiger partial charge is 0.305 e. The molecule has 1 heterocycles. The van der Waals surface area contributed by atoms with Gasteiger partial charge in [-0.25, -0.2) is 4.98 Å². The maximum absolute atomic E-state index is 12.6. The fraction of sp³-hybridized carbons (Fsp3) is 0.318. The van der Waals surface area contributed by atoms with Crippen LogP contribution in [-0.2, 0) is 9.53 Å². The predicted octanol–water partition coefficient (Wildman–Crippen LogP) is 3.92. The minimum absolute atomic E-state index is 0.0199. The van der Waals surface area contributed by atoms with Crippen molar-refractivity contribution in [2.45, 2.75) is 38.1 Å². The molecule has 0 radical (unpaired) electrons. The maximum Gasteiger partial charge on any atom is 0.305 e. The highest BCUT2D eigenvalue weighted by molar-refractivity contribution is 6.10. The number of unbranched alkanes of at least 4 members (excludes halogenated alkanes) is 2. The molecule has 6 heteroatoms. The highest BCUT2D eigenvalue weighted by Crippen LogP contribution is 2.21. The predicted molar refractivity (Wildman–Crippen MR) is 108 cm³/mol. The average molecular weight is 379 g/mol. The van der Waals surface area contributed by atoms with Gasteiger partial charge in [-0.1, -0.05) is 43.2 Å². The molecule has 0 saturated heterocycles. The summed E-state index contributed by atoms with van der Waals surface area (Å²) in [4.78, 5) is 31.5. The molecule has 0 aliphatic heterocycles. The minimum atomic E-state index is -0.209. The monoisotopic (exact) mass is 379 g/mol. The molecule has 3 aromatic rings. The van der Waals surface area contributed by atoms with Gasteiger partial charge in [-0.3, -0.25) is 9.59 Å². The van der Waals surface area contributed by atoms with E-state index in [4.69, 9.17) is 5.73 Å². The largest absolute Gasteiger partial charge is 0.469 e. The number of hydrogen-bond donors (Lipinski definition) is 2. The van der Waals surface area contributed by atoms with Crippen LogP contribution in [-0.4, -0.2) is 28.8 Å². The Bertz CT molecular complexity index is 950. The lowest BCUT2D eigenvalue weighted by molar-refractivity contribution is -0.140. The zero-order valence-electron chi connectivity index (χ0n) is 16.0. The van der Waals surface area contributed by atoms with E-state index >= 15 is 0 Å². The van der Waals surface area contributed by atoms with Crippen LogP contribution in [0.25, 0.3) is 11.0 Å². The number of aromatic amines is 1. The zero-order chi connectivity index (χ0) is 19.9. The van der Waals surface area contributed by atoms with Gasteiger partial charge in [0.1, 0.15) is 5.82 Å². The van der Waals surface area contributed by atoms with Crippen molar-refractivity contribution in [2.24, 2.45) is 5.73 Å². The summed E-state index contributed by atoms with van der Waals surface area (Å²) in [5.41, 5.74) is 9.13. The number of fused-ring (bicyclic) bond motifs is 1. The van der Waals surface area contributed by atoms with E-state index in [9.17, 15) is 9.59 Å². The second-order valence-corrected chi connectivity index (χ2v) is 6.83. The summed E-state index contributed by atoms with van der Waals surface area (Å²) >= 11 is 0. The maximum atomic E-state index is 12.6. The summed E-state index contributed by atoms with van der Waals surface area (Å²) < 4.78 is 4.63. The number of carbonyl (C=O) groups is 2. The van der Waals surface area contributed by atoms with Gasteiger partial charge in [-0.15, -0.1) is 0 Å². The highest BCUT2D eigenvalue weighted by atomic mass is 16.5. The molecule has 3 rings (SSSR count). The molecule has 0 spiro atoms. The highest BCUT2D eigenvalue weighted by Gasteiger charge is 2.14. The van der Waals surface area contributed by atoms with Crippen molar-refractivity contribution in [3.63, 3.8) is 0 Å². The quantitative estimate of drug-likeness (QED) is 0.334. The number of rotatable bonds is 9. The van der Waals surface area contributed by atoms with E-state index in [2.05, 4.69) is 14.7 Å². The summed E-state index contributed by atoms with van der Waals surface area (Å²) in [6.45, 7) is 0. The van der Waals surface area contributed by atoms with Crippen molar-refractivity contribution < 1.29 is 14.3 Å². The number of H-pyrrole nitrogens is 1. The Hall–Kier alpha value is -2.99. The number of carbonyl (C=O) groups excluding carboxylic acids is 2. The summed E-state index contributed by atoms with van der Waals surface area (Å²) in [6, 6.07) is 14.5. The van der Waals surface area contributed by atoms with Gasteiger partial charge in [0.2, 0.25) is 0 Å². The number of nitrogens with zero attached hydrogens (tertiary/aromatic N) is 1. The van der Waals surface area contributed by atoms with Gasteiger partial charge in [0.15, 0.2) is 5.78 Å². The summed E-state index contributed by atoms with van der Waals surface area (Å²) in [5, 5.41) is 0. The first-order valence-corrected chi connectivity index (χ1v) is 9.50. The molecular weight excluding hydrogens is 354 g/mol. The van der Waals surface area contributed by atoms with Crippen molar-refractivity contribution in [1.82, 2.24) is 9.97 Å². The van der Waals surface area contributed by atoms with Crippen LogP contribution in [0, 0.1) is 0 Å². The van der Waals surface area contributed by atoms with E-state index in [1.807, 2.05) is 30.3 Å². The Balaban J connectivity index is 1.62. The number of nitrogens with one attached hydrogen (secondary N) is 1. The van der Waals surface area contributed by atoms with Crippen molar-refractivity contribution in [2.75, 3.05) is 7.11 Å². The molecule has 1 atom stereocenters. The van der Waals surface area contributed by atoms with Gasteiger partial charge in [0, 0.05) is 17.5 Å². The lowest BCUT2D eigenvalue weighted by Gasteiger charge is -2.08. The van der Waals surface area contributed by atoms with Crippen LogP contribution in [0.3, 0.4) is 0 Å². The van der Waals surface area contributed by atoms with Crippen LogP contribution in [0.4, 0.5) is 0 Å². The molecule has 0 aliphatic carbocycles. The molecule has 2 aromatic carbocycles. The number of hydrogen-bond acceptors (Lipinski definition) is 5. The number of nitrogens with two attached hydrogens (primary N) is 1. The van der Waals surface area contributed by atoms with E-state index in [1.165, 1.54) is 7.11 Å². The average Bonchev–Trinajstić information content (AvgIpc) is 3.16. The number of ketones is 1. The number of ether oxygens (including phenoxy) is 1.